The van der Waals surface area contributed by atoms with Crippen LogP contribution in [0.4, 0.5) is 10.1 Å². The molecule has 11 heteroatoms. The number of fused-ring (bicyclic) bond motifs is 1. The second-order valence-electron chi connectivity index (χ2n) is 7.20. The van der Waals surface area contributed by atoms with Gasteiger partial charge in [0.05, 0.1) is 26.7 Å². The average molecular weight is 605 g/mol. The Balaban J connectivity index is 1.45. The first-order chi connectivity index (χ1) is 16.9. The minimum Gasteiger partial charge on any atom is -0.493 e. The van der Waals surface area contributed by atoms with Gasteiger partial charge in [-0.1, -0.05) is 18.2 Å². The quantitative estimate of drug-likeness (QED) is 0.117. The van der Waals surface area contributed by atoms with Crippen LogP contribution in [0.5, 0.6) is 11.5 Å². The molecule has 0 fully saturated rings. The normalized spacial score (nSPS) is 11.1. The summed E-state index contributed by atoms with van der Waals surface area (Å²) in [5, 5.41) is 15.6. The molecule has 1 heterocycles. The van der Waals surface area contributed by atoms with E-state index in [4.69, 9.17) is 9.47 Å². The van der Waals surface area contributed by atoms with E-state index in [0.717, 1.165) is 8.27 Å². The molecule has 0 spiro atoms. The highest BCUT2D eigenvalue weighted by Crippen LogP contribution is 2.34. The summed E-state index contributed by atoms with van der Waals surface area (Å²) in [5.41, 5.74) is 3.50. The van der Waals surface area contributed by atoms with Gasteiger partial charge in [-0.3, -0.25) is 14.9 Å². The van der Waals surface area contributed by atoms with Crippen molar-refractivity contribution in [2.24, 2.45) is 5.10 Å². The summed E-state index contributed by atoms with van der Waals surface area (Å²) in [6, 6.07) is 15.9. The number of nitrogens with one attached hydrogen (secondary N) is 1. The van der Waals surface area contributed by atoms with E-state index < -0.39 is 10.8 Å². The van der Waals surface area contributed by atoms with E-state index in [1.165, 1.54) is 42.9 Å². The van der Waals surface area contributed by atoms with Crippen LogP contribution in [0.1, 0.15) is 20.8 Å². The summed E-state index contributed by atoms with van der Waals surface area (Å²) < 4.78 is 26.6. The molecule has 0 saturated carbocycles. The number of rotatable bonds is 8. The molecule has 0 saturated heterocycles. The highest BCUT2D eigenvalue weighted by Gasteiger charge is 2.14. The molecule has 1 aromatic heterocycles. The van der Waals surface area contributed by atoms with Gasteiger partial charge < -0.3 is 9.47 Å². The number of benzene rings is 3. The van der Waals surface area contributed by atoms with E-state index >= 15 is 0 Å². The summed E-state index contributed by atoms with van der Waals surface area (Å²) >= 11 is 3.30. The molecular formula is C24H17FIN3O5S. The van der Waals surface area contributed by atoms with Crippen LogP contribution in [0.3, 0.4) is 0 Å². The van der Waals surface area contributed by atoms with Crippen LogP contribution in [0.25, 0.3) is 10.1 Å². The van der Waals surface area contributed by atoms with Crippen LogP contribution in [0.15, 0.2) is 65.8 Å². The smallest absolute Gasteiger partial charge is 0.281 e. The minimum absolute atomic E-state index is 0.0369. The van der Waals surface area contributed by atoms with E-state index in [0.29, 0.717) is 32.9 Å². The maximum Gasteiger partial charge on any atom is 0.281 e. The number of methoxy groups -OCH3 is 1. The third-order valence-electron chi connectivity index (χ3n) is 4.90. The first-order valence-electron chi connectivity index (χ1n) is 10.1. The fourth-order valence-electron chi connectivity index (χ4n) is 3.20. The third-order valence-corrected chi connectivity index (χ3v) is 6.81. The van der Waals surface area contributed by atoms with Crippen LogP contribution in [-0.4, -0.2) is 24.2 Å². The topological polar surface area (TPSA) is 103 Å². The number of nitro benzene ring substituents is 1. The van der Waals surface area contributed by atoms with Crippen molar-refractivity contribution in [1.29, 1.82) is 0 Å². The average Bonchev–Trinajstić information content (AvgIpc) is 3.27. The molecular weight excluding hydrogens is 588 g/mol. The molecule has 0 bridgehead atoms. The van der Waals surface area contributed by atoms with Crippen molar-refractivity contribution in [3.05, 3.63) is 96.2 Å². The first kappa shape index (κ1) is 24.5. The molecule has 178 valence electrons. The van der Waals surface area contributed by atoms with E-state index in [2.05, 4.69) is 33.1 Å². The fourth-order valence-corrected chi connectivity index (χ4v) is 4.91. The third kappa shape index (κ3) is 5.74. The highest BCUT2D eigenvalue weighted by molar-refractivity contribution is 14.1. The number of thiophene rings is 1. The number of ether oxygens (including phenoxy) is 2. The monoisotopic (exact) mass is 605 g/mol. The Labute approximate surface area is 216 Å². The lowest BCUT2D eigenvalue weighted by atomic mass is 10.2. The molecule has 0 aliphatic rings. The molecule has 0 aliphatic heterocycles. The van der Waals surface area contributed by atoms with Gasteiger partial charge in [0.1, 0.15) is 12.4 Å². The Hall–Kier alpha value is -3.58. The maximum atomic E-state index is 13.9. The van der Waals surface area contributed by atoms with E-state index in [-0.39, 0.29) is 18.1 Å². The lowest BCUT2D eigenvalue weighted by molar-refractivity contribution is -0.384. The molecule has 0 atom stereocenters. The Morgan fingerprint density at radius 2 is 2.03 bits per heavy atom. The van der Waals surface area contributed by atoms with Gasteiger partial charge in [0, 0.05) is 27.8 Å². The lowest BCUT2D eigenvalue weighted by Crippen LogP contribution is -2.16. The van der Waals surface area contributed by atoms with Crippen LogP contribution in [-0.2, 0) is 6.61 Å². The predicted octanol–water partition coefficient (Wildman–Crippen LogP) is 5.90. The largest absolute Gasteiger partial charge is 0.493 e. The number of hydrazone groups is 1. The van der Waals surface area contributed by atoms with Gasteiger partial charge >= 0.3 is 0 Å². The summed E-state index contributed by atoms with van der Waals surface area (Å²) in [5.74, 6) is 0.124. The highest BCUT2D eigenvalue weighted by atomic mass is 127. The Bertz CT molecular complexity index is 1460. The Morgan fingerprint density at radius 3 is 2.77 bits per heavy atom. The molecule has 4 rings (SSSR count). The van der Waals surface area contributed by atoms with E-state index in [1.807, 2.05) is 0 Å². The molecule has 4 aromatic rings. The number of hydrogen-bond acceptors (Lipinski definition) is 7. The summed E-state index contributed by atoms with van der Waals surface area (Å²) in [7, 11) is 1.50. The number of halogens is 2. The zero-order chi connectivity index (χ0) is 24.9. The number of non-ortho nitro benzene ring substituents is 1. The Kier molecular flexibility index (Phi) is 7.56. The van der Waals surface area contributed by atoms with Gasteiger partial charge in [0.2, 0.25) is 0 Å². The molecule has 1 amide bonds. The number of hydrogen-bond donors (Lipinski definition) is 1. The standard InChI is InChI=1S/C24H17FIN3O5S/c1-33-20-9-14(8-19(26)23(20)34-13-15-4-2-3-5-18(15)25)12-27-28-24(30)22-11-16-10-17(29(31)32)6-7-21(16)35-22/h2-12H,13H2,1H3,(H,28,30)/b27-12-. The van der Waals surface area contributed by atoms with Gasteiger partial charge in [-0.2, -0.15) is 5.10 Å². The first-order valence-corrected chi connectivity index (χ1v) is 12.0. The second kappa shape index (κ2) is 10.8. The van der Waals surface area contributed by atoms with Crippen molar-refractivity contribution in [3.8, 4) is 11.5 Å². The van der Waals surface area contributed by atoms with Crippen LogP contribution in [0, 0.1) is 19.5 Å². The second-order valence-corrected chi connectivity index (χ2v) is 9.45. The zero-order valence-corrected chi connectivity index (χ0v) is 21.1. The molecule has 0 radical (unpaired) electrons. The number of amides is 1. The number of carbonyl (C=O) groups excluding carboxylic acids is 1. The number of nitrogens with zero attached hydrogens (tertiary/aromatic N) is 2. The van der Waals surface area contributed by atoms with Crippen LogP contribution in [0.2, 0.25) is 0 Å². The van der Waals surface area contributed by atoms with Gasteiger partial charge in [-0.15, -0.1) is 11.3 Å². The van der Waals surface area contributed by atoms with Crippen LogP contribution < -0.4 is 14.9 Å². The summed E-state index contributed by atoms with van der Waals surface area (Å²) in [6.07, 6.45) is 1.46. The summed E-state index contributed by atoms with van der Waals surface area (Å²) in [4.78, 5) is 23.3. The maximum absolute atomic E-state index is 13.9. The molecule has 1 N–H and O–H groups in total. The van der Waals surface area contributed by atoms with Crippen molar-refractivity contribution in [3.63, 3.8) is 0 Å². The molecule has 8 nitrogen and oxygen atoms in total. The predicted molar refractivity (Wildman–Crippen MR) is 140 cm³/mol. The van der Waals surface area contributed by atoms with Gasteiger partial charge in [-0.05, 0) is 58.5 Å². The summed E-state index contributed by atoms with van der Waals surface area (Å²) in [6.45, 7) is 0.0425. The molecule has 3 aromatic carbocycles. The van der Waals surface area contributed by atoms with Crippen molar-refractivity contribution >= 4 is 61.8 Å². The fraction of sp³-hybridized carbons (Fsp3) is 0.0833. The van der Waals surface area contributed by atoms with E-state index in [1.54, 1.807) is 42.5 Å². The molecule has 0 aliphatic carbocycles. The minimum atomic E-state index is -0.479. The van der Waals surface area contributed by atoms with Gasteiger partial charge in [-0.25, -0.2) is 9.82 Å². The van der Waals surface area contributed by atoms with Crippen molar-refractivity contribution < 1.29 is 23.6 Å². The number of carbonyl (C=O) groups is 1. The van der Waals surface area contributed by atoms with Crippen molar-refractivity contribution in [2.45, 2.75) is 6.61 Å². The van der Waals surface area contributed by atoms with Crippen LogP contribution >= 0.6 is 33.9 Å². The van der Waals surface area contributed by atoms with Crippen molar-refractivity contribution in [2.75, 3.05) is 7.11 Å². The molecule has 35 heavy (non-hydrogen) atoms. The van der Waals surface area contributed by atoms with Gasteiger partial charge in [0.15, 0.2) is 11.5 Å². The van der Waals surface area contributed by atoms with E-state index in [9.17, 15) is 19.3 Å². The number of nitro groups is 1. The molecule has 0 unspecified atom stereocenters. The lowest BCUT2D eigenvalue weighted by Gasteiger charge is -2.14. The van der Waals surface area contributed by atoms with Gasteiger partial charge in [0.25, 0.3) is 11.6 Å². The van der Waals surface area contributed by atoms with Crippen molar-refractivity contribution in [1.82, 2.24) is 5.43 Å². The zero-order valence-electron chi connectivity index (χ0n) is 18.2. The SMILES string of the molecule is COc1cc(/C=N\NC(=O)c2cc3cc([N+](=O)[O-])ccc3s2)cc(I)c1OCc1ccccc1F. The Morgan fingerprint density at radius 1 is 1.23 bits per heavy atom.